The maximum atomic E-state index is 12.8. The fraction of sp³-hybridized carbons (Fsp3) is 0.471. The third-order valence-corrected chi connectivity index (χ3v) is 4.27. The molecule has 0 unspecified atom stereocenters. The first-order chi connectivity index (χ1) is 12.1. The van der Waals surface area contributed by atoms with E-state index in [1.54, 1.807) is 35.0 Å². The summed E-state index contributed by atoms with van der Waals surface area (Å²) >= 11 is 0. The molecular weight excluding hydrogens is 325 g/mol. The summed E-state index contributed by atoms with van der Waals surface area (Å²) in [5, 5.41) is 11.4. The summed E-state index contributed by atoms with van der Waals surface area (Å²) < 4.78 is 20.1. The van der Waals surface area contributed by atoms with Gasteiger partial charge in [0, 0.05) is 7.05 Å². The molecule has 0 aliphatic carbocycles. The van der Waals surface area contributed by atoms with Gasteiger partial charge >= 0.3 is 0 Å². The highest BCUT2D eigenvalue weighted by Crippen LogP contribution is 2.17. The largest absolute Gasteiger partial charge is 0.492 e. The van der Waals surface area contributed by atoms with Gasteiger partial charge in [-0.15, -0.1) is 5.10 Å². The number of amides is 1. The number of benzene rings is 1. The Morgan fingerprint density at radius 2 is 2.08 bits per heavy atom. The molecule has 2 heterocycles. The van der Waals surface area contributed by atoms with Crippen molar-refractivity contribution in [1.82, 2.24) is 25.2 Å². The normalized spacial score (nSPS) is 15.1. The topological polar surface area (TPSA) is 72.3 Å². The first-order valence-corrected chi connectivity index (χ1v) is 8.40. The van der Waals surface area contributed by atoms with Gasteiger partial charge in [0.05, 0.1) is 18.8 Å². The van der Waals surface area contributed by atoms with Gasteiger partial charge in [-0.1, -0.05) is 5.21 Å². The van der Waals surface area contributed by atoms with Gasteiger partial charge in [-0.3, -0.25) is 4.79 Å². The van der Waals surface area contributed by atoms with E-state index in [1.165, 1.54) is 12.1 Å². The molecule has 0 radical (unpaired) electrons. The molecule has 1 saturated heterocycles. The van der Waals surface area contributed by atoms with Gasteiger partial charge in [0.25, 0.3) is 5.91 Å². The minimum Gasteiger partial charge on any atom is -0.492 e. The smallest absolute Gasteiger partial charge is 0.275 e. The summed E-state index contributed by atoms with van der Waals surface area (Å²) in [6, 6.07) is 6.08. The number of nitrogens with one attached hydrogen (secondary N) is 1. The van der Waals surface area contributed by atoms with E-state index >= 15 is 0 Å². The average Bonchev–Trinajstić information content (AvgIpc) is 3.13. The van der Waals surface area contributed by atoms with E-state index in [0.29, 0.717) is 30.6 Å². The lowest BCUT2D eigenvalue weighted by Gasteiger charge is -2.22. The predicted octanol–water partition coefficient (Wildman–Crippen LogP) is 1.49. The van der Waals surface area contributed by atoms with Crippen LogP contribution in [0.15, 0.2) is 30.5 Å². The second-order valence-electron chi connectivity index (χ2n) is 6.09. The Kier molecular flexibility index (Phi) is 5.60. The van der Waals surface area contributed by atoms with Gasteiger partial charge in [0.1, 0.15) is 18.2 Å². The molecule has 0 spiro atoms. The summed E-state index contributed by atoms with van der Waals surface area (Å²) in [5.41, 5.74) is 0.336. The second kappa shape index (κ2) is 8.06. The van der Waals surface area contributed by atoms with Gasteiger partial charge in [-0.2, -0.15) is 0 Å². The van der Waals surface area contributed by atoms with E-state index in [4.69, 9.17) is 4.74 Å². The Morgan fingerprint density at radius 1 is 1.36 bits per heavy atom. The van der Waals surface area contributed by atoms with Crippen LogP contribution in [0, 0.1) is 5.82 Å². The number of piperidine rings is 1. The van der Waals surface area contributed by atoms with Crippen molar-refractivity contribution in [3.63, 3.8) is 0 Å². The van der Waals surface area contributed by atoms with Crippen LogP contribution < -0.4 is 10.1 Å². The lowest BCUT2D eigenvalue weighted by molar-refractivity contribution is 0.0768. The molecule has 0 bridgehead atoms. The molecule has 1 aromatic carbocycles. The van der Waals surface area contributed by atoms with E-state index in [2.05, 4.69) is 15.6 Å². The molecule has 8 heteroatoms. The number of carbonyl (C=O) groups excluding carboxylic acids is 1. The van der Waals surface area contributed by atoms with Crippen LogP contribution in [0.2, 0.25) is 0 Å². The molecule has 1 fully saturated rings. The molecule has 0 saturated carbocycles. The van der Waals surface area contributed by atoms with Crippen molar-refractivity contribution in [1.29, 1.82) is 0 Å². The van der Waals surface area contributed by atoms with Crippen LogP contribution in [0.3, 0.4) is 0 Å². The van der Waals surface area contributed by atoms with Crippen LogP contribution in [0.4, 0.5) is 4.39 Å². The number of ether oxygens (including phenoxy) is 1. The van der Waals surface area contributed by atoms with Crippen molar-refractivity contribution in [2.75, 3.05) is 33.3 Å². The molecule has 1 aliphatic rings. The van der Waals surface area contributed by atoms with E-state index in [0.717, 1.165) is 25.9 Å². The SMILES string of the molecule is CN(CCOc1ccc(F)cc1)C(=O)c1cn(C2CCNCC2)nn1. The van der Waals surface area contributed by atoms with Crippen LogP contribution in [0.5, 0.6) is 5.75 Å². The quantitative estimate of drug-likeness (QED) is 0.857. The molecule has 0 atom stereocenters. The number of hydrogen-bond donors (Lipinski definition) is 1. The standard InChI is InChI=1S/C17H22FN5O2/c1-22(10-11-25-15-4-2-13(18)3-5-15)17(24)16-12-23(21-20-16)14-6-8-19-9-7-14/h2-5,12,14,19H,6-11H2,1H3. The highest BCUT2D eigenvalue weighted by Gasteiger charge is 2.20. The maximum Gasteiger partial charge on any atom is 0.275 e. The number of hydrogen-bond acceptors (Lipinski definition) is 5. The zero-order valence-corrected chi connectivity index (χ0v) is 14.2. The molecule has 7 nitrogen and oxygen atoms in total. The Labute approximate surface area is 145 Å². The molecular formula is C17H22FN5O2. The zero-order chi connectivity index (χ0) is 17.6. The average molecular weight is 347 g/mol. The van der Waals surface area contributed by atoms with Gasteiger partial charge in [-0.25, -0.2) is 9.07 Å². The van der Waals surface area contributed by atoms with Crippen LogP contribution in [-0.2, 0) is 0 Å². The highest BCUT2D eigenvalue weighted by atomic mass is 19.1. The number of likely N-dealkylation sites (N-methyl/N-ethyl adjacent to an activating group) is 1. The van der Waals surface area contributed by atoms with Gasteiger partial charge < -0.3 is 15.0 Å². The zero-order valence-electron chi connectivity index (χ0n) is 14.2. The van der Waals surface area contributed by atoms with Crippen LogP contribution >= 0.6 is 0 Å². The van der Waals surface area contributed by atoms with Crippen LogP contribution in [0.25, 0.3) is 0 Å². The third kappa shape index (κ3) is 4.54. The Morgan fingerprint density at radius 3 is 2.80 bits per heavy atom. The molecule has 134 valence electrons. The minimum atomic E-state index is -0.309. The Bertz CT molecular complexity index is 697. The Balaban J connectivity index is 1.50. The number of carbonyl (C=O) groups is 1. The first-order valence-electron chi connectivity index (χ1n) is 8.40. The van der Waals surface area contributed by atoms with Crippen molar-refractivity contribution in [2.24, 2.45) is 0 Å². The van der Waals surface area contributed by atoms with Crippen LogP contribution in [0.1, 0.15) is 29.4 Å². The lowest BCUT2D eigenvalue weighted by atomic mass is 10.1. The van der Waals surface area contributed by atoms with E-state index in [1.807, 2.05) is 0 Å². The molecule has 1 amide bonds. The summed E-state index contributed by atoms with van der Waals surface area (Å²) in [7, 11) is 1.69. The van der Waals surface area contributed by atoms with Crippen LogP contribution in [-0.4, -0.2) is 59.1 Å². The molecule has 25 heavy (non-hydrogen) atoms. The number of nitrogens with zero attached hydrogens (tertiary/aromatic N) is 4. The van der Waals surface area contributed by atoms with Gasteiger partial charge in [0.15, 0.2) is 5.69 Å². The number of halogens is 1. The fourth-order valence-corrected chi connectivity index (χ4v) is 2.75. The number of aromatic nitrogens is 3. The fourth-order valence-electron chi connectivity index (χ4n) is 2.75. The minimum absolute atomic E-state index is 0.192. The maximum absolute atomic E-state index is 12.8. The molecule has 3 rings (SSSR count). The van der Waals surface area contributed by atoms with Crippen molar-refractivity contribution >= 4 is 5.91 Å². The number of rotatable bonds is 6. The van der Waals surface area contributed by atoms with Gasteiger partial charge in [-0.05, 0) is 50.2 Å². The molecule has 1 aromatic heterocycles. The molecule has 2 aromatic rings. The summed E-state index contributed by atoms with van der Waals surface area (Å²) in [6.07, 6.45) is 3.69. The van der Waals surface area contributed by atoms with Gasteiger partial charge in [0.2, 0.25) is 0 Å². The summed E-state index contributed by atoms with van der Waals surface area (Å²) in [6.45, 7) is 2.62. The first kappa shape index (κ1) is 17.3. The second-order valence-corrected chi connectivity index (χ2v) is 6.09. The van der Waals surface area contributed by atoms with Crippen molar-refractivity contribution in [3.8, 4) is 5.75 Å². The van der Waals surface area contributed by atoms with Crippen molar-refractivity contribution in [2.45, 2.75) is 18.9 Å². The summed E-state index contributed by atoms with van der Waals surface area (Å²) in [4.78, 5) is 14.0. The highest BCUT2D eigenvalue weighted by molar-refractivity contribution is 5.91. The third-order valence-electron chi connectivity index (χ3n) is 4.27. The van der Waals surface area contributed by atoms with E-state index < -0.39 is 0 Å². The predicted molar refractivity (Wildman–Crippen MR) is 90.0 cm³/mol. The van der Waals surface area contributed by atoms with Crippen molar-refractivity contribution in [3.05, 3.63) is 42.0 Å². The van der Waals surface area contributed by atoms with E-state index in [9.17, 15) is 9.18 Å². The van der Waals surface area contributed by atoms with Crippen molar-refractivity contribution < 1.29 is 13.9 Å². The summed E-state index contributed by atoms with van der Waals surface area (Å²) in [5.74, 6) is 0.0680. The Hall–Kier alpha value is -2.48. The molecule has 1 N–H and O–H groups in total. The monoisotopic (exact) mass is 347 g/mol. The van der Waals surface area contributed by atoms with E-state index in [-0.39, 0.29) is 11.7 Å². The molecule has 1 aliphatic heterocycles. The lowest BCUT2D eigenvalue weighted by Crippen LogP contribution is -2.31.